The standard InChI is InChI=1S/C23H27N5O2S/c29-22(24-16-21-26-25-20-9-5-2-6-10-28(20)21)19-15-18(17-7-3-1-4-8-17)23(31-19)27-11-13-30-14-12-27/h1,3-4,7-8,15H,2,5-6,9-14,16H2,(H,24,29). The third-order valence-electron chi connectivity index (χ3n) is 5.91. The van der Waals surface area contributed by atoms with E-state index in [0.29, 0.717) is 19.8 Å². The molecule has 162 valence electrons. The van der Waals surface area contributed by atoms with E-state index in [2.05, 4.69) is 37.1 Å². The number of hydrogen-bond donors (Lipinski definition) is 1. The first-order valence-electron chi connectivity index (χ1n) is 11.0. The highest BCUT2D eigenvalue weighted by Crippen LogP contribution is 2.39. The van der Waals surface area contributed by atoms with Crippen molar-refractivity contribution in [2.45, 2.75) is 38.8 Å². The van der Waals surface area contributed by atoms with E-state index in [0.717, 1.165) is 71.6 Å². The summed E-state index contributed by atoms with van der Waals surface area (Å²) in [4.78, 5) is 16.1. The summed E-state index contributed by atoms with van der Waals surface area (Å²) >= 11 is 1.55. The Balaban J connectivity index is 1.36. The second-order valence-electron chi connectivity index (χ2n) is 7.97. The fraction of sp³-hybridized carbons (Fsp3) is 0.435. The van der Waals surface area contributed by atoms with Crippen LogP contribution >= 0.6 is 11.3 Å². The van der Waals surface area contributed by atoms with E-state index in [1.54, 1.807) is 11.3 Å². The maximum atomic E-state index is 13.1. The molecule has 1 aromatic carbocycles. The molecule has 5 rings (SSSR count). The van der Waals surface area contributed by atoms with E-state index in [1.807, 2.05) is 24.3 Å². The number of amides is 1. The molecule has 0 saturated carbocycles. The molecule has 3 aromatic rings. The summed E-state index contributed by atoms with van der Waals surface area (Å²) in [5.74, 6) is 1.82. The van der Waals surface area contributed by atoms with E-state index in [9.17, 15) is 4.79 Å². The van der Waals surface area contributed by atoms with Crippen LogP contribution < -0.4 is 10.2 Å². The Morgan fingerprint density at radius 3 is 2.74 bits per heavy atom. The van der Waals surface area contributed by atoms with E-state index < -0.39 is 0 Å². The first kappa shape index (κ1) is 20.2. The zero-order valence-electron chi connectivity index (χ0n) is 17.5. The van der Waals surface area contributed by atoms with Crippen molar-refractivity contribution in [3.8, 4) is 11.1 Å². The third-order valence-corrected chi connectivity index (χ3v) is 7.11. The van der Waals surface area contributed by atoms with Crippen LogP contribution in [0, 0.1) is 0 Å². The molecule has 0 spiro atoms. The minimum atomic E-state index is -0.0623. The monoisotopic (exact) mass is 437 g/mol. The van der Waals surface area contributed by atoms with Crippen LogP contribution in [0.1, 0.15) is 40.6 Å². The number of benzene rings is 1. The van der Waals surface area contributed by atoms with Crippen LogP contribution in [0.5, 0.6) is 0 Å². The van der Waals surface area contributed by atoms with Crippen molar-refractivity contribution in [2.75, 3.05) is 31.2 Å². The van der Waals surface area contributed by atoms with Crippen LogP contribution in [0.15, 0.2) is 36.4 Å². The van der Waals surface area contributed by atoms with E-state index >= 15 is 0 Å². The van der Waals surface area contributed by atoms with Crippen LogP contribution in [0.2, 0.25) is 0 Å². The van der Waals surface area contributed by atoms with E-state index in [-0.39, 0.29) is 5.91 Å². The second kappa shape index (κ2) is 9.20. The summed E-state index contributed by atoms with van der Waals surface area (Å²) in [5.41, 5.74) is 2.23. The first-order valence-corrected chi connectivity index (χ1v) is 11.8. The number of morpholine rings is 1. The lowest BCUT2D eigenvalue weighted by Gasteiger charge is -2.28. The molecule has 31 heavy (non-hydrogen) atoms. The lowest BCUT2D eigenvalue weighted by atomic mass is 10.1. The predicted molar refractivity (Wildman–Crippen MR) is 122 cm³/mol. The van der Waals surface area contributed by atoms with Gasteiger partial charge in [-0.2, -0.15) is 0 Å². The summed E-state index contributed by atoms with van der Waals surface area (Å²) in [5, 5.41) is 12.9. The van der Waals surface area contributed by atoms with Gasteiger partial charge in [-0.1, -0.05) is 36.8 Å². The van der Waals surface area contributed by atoms with Gasteiger partial charge in [-0.15, -0.1) is 21.5 Å². The van der Waals surface area contributed by atoms with Gasteiger partial charge in [0.2, 0.25) is 0 Å². The number of fused-ring (bicyclic) bond motifs is 1. The minimum absolute atomic E-state index is 0.0623. The van der Waals surface area contributed by atoms with Crippen LogP contribution in [0.3, 0.4) is 0 Å². The molecule has 2 aliphatic rings. The SMILES string of the molecule is O=C(NCc1nnc2n1CCCCC2)c1cc(-c2ccccc2)c(N2CCOCC2)s1. The molecule has 0 bridgehead atoms. The highest BCUT2D eigenvalue weighted by molar-refractivity contribution is 7.18. The van der Waals surface area contributed by atoms with Gasteiger partial charge in [-0.3, -0.25) is 4.79 Å². The van der Waals surface area contributed by atoms with E-state index in [4.69, 9.17) is 4.74 Å². The van der Waals surface area contributed by atoms with Gasteiger partial charge in [-0.05, 0) is 24.5 Å². The van der Waals surface area contributed by atoms with Gasteiger partial charge in [0.25, 0.3) is 5.91 Å². The number of ether oxygens (including phenoxy) is 1. The predicted octanol–water partition coefficient (Wildman–Crippen LogP) is 3.50. The molecule has 0 aliphatic carbocycles. The number of aromatic nitrogens is 3. The van der Waals surface area contributed by atoms with Crippen LogP contribution in [-0.2, 0) is 24.2 Å². The van der Waals surface area contributed by atoms with Gasteiger partial charge in [0.05, 0.1) is 29.6 Å². The quantitative estimate of drug-likeness (QED) is 0.661. The number of carbonyl (C=O) groups is 1. The summed E-state index contributed by atoms with van der Waals surface area (Å²) < 4.78 is 7.70. The summed E-state index contributed by atoms with van der Waals surface area (Å²) in [6, 6.07) is 12.3. The average molecular weight is 438 g/mol. The number of anilines is 1. The number of rotatable bonds is 5. The summed E-state index contributed by atoms with van der Waals surface area (Å²) in [6.07, 6.45) is 4.48. The molecular weight excluding hydrogens is 410 g/mol. The molecule has 8 heteroatoms. The molecule has 1 fully saturated rings. The fourth-order valence-corrected chi connectivity index (χ4v) is 5.39. The topological polar surface area (TPSA) is 72.3 Å². The van der Waals surface area contributed by atoms with Crippen molar-refractivity contribution in [1.29, 1.82) is 0 Å². The molecule has 2 aliphatic heterocycles. The molecule has 0 unspecified atom stereocenters. The second-order valence-corrected chi connectivity index (χ2v) is 9.00. The molecule has 4 heterocycles. The Hall–Kier alpha value is -2.71. The van der Waals surface area contributed by atoms with Crippen molar-refractivity contribution >= 4 is 22.2 Å². The molecular formula is C23H27N5O2S. The van der Waals surface area contributed by atoms with Crippen LogP contribution in [0.25, 0.3) is 11.1 Å². The highest BCUT2D eigenvalue weighted by Gasteiger charge is 2.22. The van der Waals surface area contributed by atoms with Crippen molar-refractivity contribution in [2.24, 2.45) is 0 Å². The molecule has 1 N–H and O–H groups in total. The Labute approximate surface area is 186 Å². The van der Waals surface area contributed by atoms with Gasteiger partial charge >= 0.3 is 0 Å². The smallest absolute Gasteiger partial charge is 0.261 e. The Morgan fingerprint density at radius 1 is 1.06 bits per heavy atom. The van der Waals surface area contributed by atoms with Gasteiger partial charge in [0.15, 0.2) is 5.82 Å². The average Bonchev–Trinajstić information content (AvgIpc) is 3.36. The van der Waals surface area contributed by atoms with Crippen LogP contribution in [-0.4, -0.2) is 47.0 Å². The van der Waals surface area contributed by atoms with Gasteiger partial charge in [0.1, 0.15) is 5.82 Å². The van der Waals surface area contributed by atoms with Gasteiger partial charge < -0.3 is 19.5 Å². The minimum Gasteiger partial charge on any atom is -0.378 e. The summed E-state index contributed by atoms with van der Waals surface area (Å²) in [7, 11) is 0. The normalized spacial score (nSPS) is 16.6. The zero-order valence-corrected chi connectivity index (χ0v) is 18.4. The first-order chi connectivity index (χ1) is 15.3. The maximum Gasteiger partial charge on any atom is 0.261 e. The number of hydrogen-bond acceptors (Lipinski definition) is 6. The molecule has 0 radical (unpaired) electrons. The summed E-state index contributed by atoms with van der Waals surface area (Å²) in [6.45, 7) is 4.45. The fourth-order valence-electron chi connectivity index (χ4n) is 4.24. The molecule has 1 saturated heterocycles. The lowest BCUT2D eigenvalue weighted by Crippen LogP contribution is -2.35. The number of thiophene rings is 1. The maximum absolute atomic E-state index is 13.1. The Bertz CT molecular complexity index is 1040. The van der Waals surface area contributed by atoms with Crippen molar-refractivity contribution < 1.29 is 9.53 Å². The Morgan fingerprint density at radius 2 is 1.90 bits per heavy atom. The molecule has 0 atom stereocenters. The number of aryl methyl sites for hydroxylation is 1. The van der Waals surface area contributed by atoms with Crippen molar-refractivity contribution in [3.63, 3.8) is 0 Å². The van der Waals surface area contributed by atoms with Crippen LogP contribution in [0.4, 0.5) is 5.00 Å². The molecule has 7 nitrogen and oxygen atoms in total. The van der Waals surface area contributed by atoms with E-state index in [1.165, 1.54) is 6.42 Å². The largest absolute Gasteiger partial charge is 0.378 e. The zero-order chi connectivity index (χ0) is 21.0. The third kappa shape index (κ3) is 4.36. The van der Waals surface area contributed by atoms with Crippen molar-refractivity contribution in [1.82, 2.24) is 20.1 Å². The molecule has 2 aromatic heterocycles. The van der Waals surface area contributed by atoms with Gasteiger partial charge in [-0.25, -0.2) is 0 Å². The number of nitrogens with one attached hydrogen (secondary N) is 1. The van der Waals surface area contributed by atoms with Crippen molar-refractivity contribution in [3.05, 3.63) is 52.9 Å². The Kier molecular flexibility index (Phi) is 5.99. The lowest BCUT2D eigenvalue weighted by molar-refractivity contribution is 0.0953. The number of carbonyl (C=O) groups excluding carboxylic acids is 1. The molecule has 1 amide bonds. The highest BCUT2D eigenvalue weighted by atomic mass is 32.1. The van der Waals surface area contributed by atoms with Gasteiger partial charge in [0, 0.05) is 31.6 Å². The number of nitrogens with zero attached hydrogens (tertiary/aromatic N) is 4.